The second-order valence-electron chi connectivity index (χ2n) is 8.24. The molecule has 1 amide bonds. The number of amides is 1. The number of aliphatic imine (C=N–C) groups is 1. The van der Waals surface area contributed by atoms with Crippen LogP contribution in [-0.4, -0.2) is 65.8 Å². The van der Waals surface area contributed by atoms with Crippen molar-refractivity contribution < 1.29 is 14.9 Å². The maximum atomic E-state index is 12.6. The van der Waals surface area contributed by atoms with Gasteiger partial charge in [-0.15, -0.1) is 11.3 Å². The Bertz CT molecular complexity index is 1200. The fourth-order valence-corrected chi connectivity index (χ4v) is 5.19. The predicted octanol–water partition coefficient (Wildman–Crippen LogP) is 1.80. The van der Waals surface area contributed by atoms with Crippen LogP contribution in [0, 0.1) is 0 Å². The number of pyridine rings is 1. The normalized spacial score (nSPS) is 16.4. The second-order valence-corrected chi connectivity index (χ2v) is 9.24. The molecule has 2 aromatic heterocycles. The third-order valence-corrected chi connectivity index (χ3v) is 7.01. The van der Waals surface area contributed by atoms with Gasteiger partial charge in [0.15, 0.2) is 0 Å². The number of nitrogens with two attached hydrogens (primary N) is 2. The number of rotatable bonds is 10. The summed E-state index contributed by atoms with van der Waals surface area (Å²) in [4.78, 5) is 28.9. The van der Waals surface area contributed by atoms with Gasteiger partial charge in [0.1, 0.15) is 15.7 Å². The van der Waals surface area contributed by atoms with E-state index in [2.05, 4.69) is 20.2 Å². The third-order valence-electron chi connectivity index (χ3n) is 5.88. The molecular weight excluding hydrogens is 462 g/mol. The standard InChI is InChI=1S/C25H29N7O2S/c1-34-15-19-8-5-12-32(19)13-10-21(33)30-20-14-18(9-11-28-20)25-31-22(17-6-3-2-4-7-17)23(35-25)24(27)29-16-26/h2-4,6-7,9,11,14,16,19H,5,8,10,12-13,15H2,1H3,(H3,26,27,29)(H,28,30,33)/p+1/t19-/m1/s1. The van der Waals surface area contributed by atoms with Crippen molar-refractivity contribution in [3.05, 3.63) is 53.5 Å². The van der Waals surface area contributed by atoms with E-state index in [9.17, 15) is 4.79 Å². The van der Waals surface area contributed by atoms with Crippen molar-refractivity contribution in [2.24, 2.45) is 10.7 Å². The summed E-state index contributed by atoms with van der Waals surface area (Å²) < 4.78 is 5.30. The summed E-state index contributed by atoms with van der Waals surface area (Å²) in [6.07, 6.45) is 5.47. The Morgan fingerprint density at radius 2 is 2.17 bits per heavy atom. The number of nitrogens with one attached hydrogen (secondary N) is 1. The van der Waals surface area contributed by atoms with Gasteiger partial charge in [-0.2, -0.15) is 0 Å². The largest absolute Gasteiger partial charge is 0.383 e. The molecule has 3 heterocycles. The van der Waals surface area contributed by atoms with Crippen molar-refractivity contribution in [3.8, 4) is 21.8 Å². The van der Waals surface area contributed by atoms with E-state index in [1.807, 2.05) is 42.5 Å². The number of carbonyl (C=O) groups excluding carboxylic acids is 1. The number of thiazole rings is 1. The molecule has 5 N–H and O–H groups in total. The Kier molecular flexibility index (Phi) is 8.30. The number of nitrogens with zero attached hydrogens (tertiary/aromatic N) is 4. The molecule has 3 aromatic rings. The van der Waals surface area contributed by atoms with Crippen molar-refractivity contribution in [1.82, 2.24) is 14.9 Å². The smallest absolute Gasteiger partial charge is 0.279 e. The van der Waals surface area contributed by atoms with Gasteiger partial charge < -0.3 is 15.8 Å². The van der Waals surface area contributed by atoms with Crippen LogP contribution in [0.3, 0.4) is 0 Å². The second kappa shape index (κ2) is 11.8. The van der Waals surface area contributed by atoms with E-state index in [4.69, 9.17) is 20.9 Å². The summed E-state index contributed by atoms with van der Waals surface area (Å²) >= 11 is 1.41. The highest BCUT2D eigenvalue weighted by Gasteiger charge is 2.24. The minimum atomic E-state index is -0.0719. The highest BCUT2D eigenvalue weighted by atomic mass is 32.1. The molecule has 9 nitrogen and oxygen atoms in total. The zero-order chi connectivity index (χ0) is 24.6. The number of aromatic nitrogens is 2. The molecule has 1 saturated heterocycles. The van der Waals surface area contributed by atoms with E-state index in [0.29, 0.717) is 37.3 Å². The van der Waals surface area contributed by atoms with Gasteiger partial charge >= 0.3 is 0 Å². The average Bonchev–Trinajstić information content (AvgIpc) is 3.51. The Balaban J connectivity index is 1.50. The molecule has 1 atom stereocenters. The number of ether oxygens (including phenoxy) is 1. The van der Waals surface area contributed by atoms with E-state index in [1.54, 1.807) is 13.3 Å². The number of hydrogen-bond acceptors (Lipinski definition) is 6. The minimum absolute atomic E-state index is 0.0719. The summed E-state index contributed by atoms with van der Waals surface area (Å²) in [6, 6.07) is 13.8. The fraction of sp³-hybridized carbons (Fsp3) is 0.320. The van der Waals surface area contributed by atoms with Crippen LogP contribution in [-0.2, 0) is 9.53 Å². The van der Waals surface area contributed by atoms with Gasteiger partial charge in [-0.05, 0) is 36.5 Å². The van der Waals surface area contributed by atoms with Crippen LogP contribution < -0.4 is 16.5 Å². The van der Waals surface area contributed by atoms with Crippen molar-refractivity contribution in [2.45, 2.75) is 25.3 Å². The SMILES string of the molecule is COC[C@H]1CCCN1CCC(=O)Nc1cc(-c2nc(-c3ccccc3)c(C(N)=NC=[NH2+])s2)ccn1. The molecule has 10 heteroatoms. The van der Waals surface area contributed by atoms with Crippen LogP contribution in [0.15, 0.2) is 53.7 Å². The molecule has 0 saturated carbocycles. The number of hydrogen-bond donors (Lipinski definition) is 3. The van der Waals surface area contributed by atoms with Crippen LogP contribution in [0.4, 0.5) is 5.82 Å². The van der Waals surface area contributed by atoms with E-state index < -0.39 is 0 Å². The van der Waals surface area contributed by atoms with Crippen LogP contribution in [0.5, 0.6) is 0 Å². The van der Waals surface area contributed by atoms with E-state index in [0.717, 1.165) is 46.1 Å². The summed E-state index contributed by atoms with van der Waals surface area (Å²) in [6.45, 7) is 2.40. The van der Waals surface area contributed by atoms with E-state index >= 15 is 0 Å². The van der Waals surface area contributed by atoms with Crippen molar-refractivity contribution in [2.75, 3.05) is 32.1 Å². The van der Waals surface area contributed by atoms with Crippen molar-refractivity contribution in [1.29, 1.82) is 0 Å². The molecule has 1 aliphatic heterocycles. The lowest BCUT2D eigenvalue weighted by Gasteiger charge is -2.23. The first-order valence-corrected chi connectivity index (χ1v) is 12.3. The summed E-state index contributed by atoms with van der Waals surface area (Å²) in [5, 5.41) is 9.12. The molecule has 1 aliphatic rings. The summed E-state index contributed by atoms with van der Waals surface area (Å²) in [5.74, 6) is 0.709. The molecule has 0 spiro atoms. The van der Waals surface area contributed by atoms with Crippen molar-refractivity contribution in [3.63, 3.8) is 0 Å². The van der Waals surface area contributed by atoms with Crippen molar-refractivity contribution >= 4 is 35.2 Å². The Hall–Kier alpha value is -3.47. The molecule has 182 valence electrons. The molecule has 4 rings (SSSR count). The Morgan fingerprint density at radius 3 is 2.94 bits per heavy atom. The van der Waals surface area contributed by atoms with Crippen LogP contribution >= 0.6 is 11.3 Å². The summed E-state index contributed by atoms with van der Waals surface area (Å²) in [7, 11) is 1.72. The predicted molar refractivity (Wildman–Crippen MR) is 139 cm³/mol. The van der Waals surface area contributed by atoms with Crippen LogP contribution in [0.25, 0.3) is 21.8 Å². The van der Waals surface area contributed by atoms with Gasteiger partial charge in [0.25, 0.3) is 12.2 Å². The van der Waals surface area contributed by atoms with Gasteiger partial charge in [-0.25, -0.2) is 9.97 Å². The van der Waals surface area contributed by atoms with Gasteiger partial charge in [-0.1, -0.05) is 30.3 Å². The topological polar surface area (TPSA) is 131 Å². The van der Waals surface area contributed by atoms with Gasteiger partial charge in [0.05, 0.1) is 12.3 Å². The third kappa shape index (κ3) is 6.16. The monoisotopic (exact) mass is 492 g/mol. The number of likely N-dealkylation sites (tertiary alicyclic amines) is 1. The molecule has 0 unspecified atom stereocenters. The maximum Gasteiger partial charge on any atom is 0.279 e. The lowest BCUT2D eigenvalue weighted by Crippen LogP contribution is -2.35. The highest BCUT2D eigenvalue weighted by Crippen LogP contribution is 2.34. The zero-order valence-corrected chi connectivity index (χ0v) is 20.5. The lowest BCUT2D eigenvalue weighted by molar-refractivity contribution is -0.116. The van der Waals surface area contributed by atoms with E-state index in [1.165, 1.54) is 17.7 Å². The maximum absolute atomic E-state index is 12.6. The Labute approximate surface area is 208 Å². The number of amidine groups is 1. The quantitative estimate of drug-likeness (QED) is 0.292. The van der Waals surface area contributed by atoms with Gasteiger partial charge in [-0.3, -0.25) is 15.1 Å². The first-order chi connectivity index (χ1) is 17.1. The number of carbonyl (C=O) groups is 1. The first kappa shape index (κ1) is 24.6. The molecular formula is C25H30N7O2S+. The fourth-order valence-electron chi connectivity index (χ4n) is 4.20. The Morgan fingerprint density at radius 1 is 1.34 bits per heavy atom. The number of anilines is 1. The number of methoxy groups -OCH3 is 1. The zero-order valence-electron chi connectivity index (χ0n) is 19.7. The summed E-state index contributed by atoms with van der Waals surface area (Å²) in [5.41, 5.74) is 8.66. The van der Waals surface area contributed by atoms with Crippen LogP contribution in [0.2, 0.25) is 0 Å². The lowest BCUT2D eigenvalue weighted by atomic mass is 10.1. The number of benzene rings is 1. The molecule has 0 bridgehead atoms. The molecule has 0 radical (unpaired) electrons. The highest BCUT2D eigenvalue weighted by molar-refractivity contribution is 7.17. The average molecular weight is 493 g/mol. The first-order valence-electron chi connectivity index (χ1n) is 11.5. The molecule has 1 fully saturated rings. The molecule has 1 aromatic carbocycles. The van der Waals surface area contributed by atoms with Gasteiger partial charge in [0, 0.05) is 43.4 Å². The van der Waals surface area contributed by atoms with E-state index in [-0.39, 0.29) is 5.91 Å². The minimum Gasteiger partial charge on any atom is -0.383 e. The molecule has 35 heavy (non-hydrogen) atoms. The molecule has 0 aliphatic carbocycles. The van der Waals surface area contributed by atoms with Crippen LogP contribution in [0.1, 0.15) is 24.1 Å². The van der Waals surface area contributed by atoms with Gasteiger partial charge in [0.2, 0.25) is 5.91 Å².